The van der Waals surface area contributed by atoms with Gasteiger partial charge in [0.05, 0.1) is 16.7 Å². The molecule has 2 unspecified atom stereocenters. The molecule has 1 saturated heterocycles. The maximum absolute atomic E-state index is 5.94. The normalized spacial score (nSPS) is 22.7. The van der Waals surface area contributed by atoms with E-state index >= 15 is 0 Å². The molecule has 0 aliphatic carbocycles. The summed E-state index contributed by atoms with van der Waals surface area (Å²) >= 11 is 6.93. The van der Waals surface area contributed by atoms with Crippen molar-refractivity contribution in [3.8, 4) is 5.75 Å². The van der Waals surface area contributed by atoms with Gasteiger partial charge in [-0.25, -0.2) is 0 Å². The second-order valence-corrected chi connectivity index (χ2v) is 6.42. The molecule has 0 amide bonds. The number of ether oxygens (including phenoxy) is 2. The van der Waals surface area contributed by atoms with Crippen LogP contribution in [0.2, 0.25) is 0 Å². The van der Waals surface area contributed by atoms with Gasteiger partial charge in [-0.2, -0.15) is 0 Å². The van der Waals surface area contributed by atoms with Gasteiger partial charge in [-0.1, -0.05) is 22.9 Å². The van der Waals surface area contributed by atoms with Crippen molar-refractivity contribution in [2.24, 2.45) is 0 Å². The predicted octanol–water partition coefficient (Wildman–Crippen LogP) is 3.75. The van der Waals surface area contributed by atoms with Crippen molar-refractivity contribution < 1.29 is 9.47 Å². The first kappa shape index (κ1) is 15.3. The van der Waals surface area contributed by atoms with Crippen LogP contribution in [0.3, 0.4) is 0 Å². The van der Waals surface area contributed by atoms with Gasteiger partial charge in [0, 0.05) is 11.0 Å². The maximum atomic E-state index is 5.94. The van der Waals surface area contributed by atoms with E-state index in [1.807, 2.05) is 18.2 Å². The van der Waals surface area contributed by atoms with Crippen LogP contribution in [-0.4, -0.2) is 31.9 Å². The summed E-state index contributed by atoms with van der Waals surface area (Å²) in [6.07, 6.45) is 2.73. The summed E-state index contributed by atoms with van der Waals surface area (Å²) in [5.41, 5.74) is 0. The molecule has 1 fully saturated rings. The van der Waals surface area contributed by atoms with Crippen molar-refractivity contribution in [2.75, 3.05) is 19.7 Å². The highest BCUT2D eigenvalue weighted by Crippen LogP contribution is 2.29. The number of likely N-dealkylation sites (N-methyl/N-ethyl adjacent to an activating group) is 1. The fourth-order valence-electron chi connectivity index (χ4n) is 2.13. The van der Waals surface area contributed by atoms with Crippen LogP contribution in [0.5, 0.6) is 5.75 Å². The topological polar surface area (TPSA) is 30.5 Å². The fourth-order valence-corrected chi connectivity index (χ4v) is 3.29. The van der Waals surface area contributed by atoms with Crippen molar-refractivity contribution in [2.45, 2.75) is 32.0 Å². The van der Waals surface area contributed by atoms with E-state index in [9.17, 15) is 0 Å². The van der Waals surface area contributed by atoms with E-state index in [2.05, 4.69) is 44.1 Å². The molecule has 1 aliphatic rings. The zero-order chi connectivity index (χ0) is 13.7. The molecular formula is C14H19Br2NO2. The van der Waals surface area contributed by atoms with Gasteiger partial charge >= 0.3 is 0 Å². The van der Waals surface area contributed by atoms with E-state index in [1.165, 1.54) is 0 Å². The minimum atomic E-state index is 0.208. The molecule has 1 N–H and O–H groups in total. The summed E-state index contributed by atoms with van der Waals surface area (Å²) in [4.78, 5) is 0. The smallest absolute Gasteiger partial charge is 0.133 e. The zero-order valence-electron chi connectivity index (χ0n) is 11.0. The van der Waals surface area contributed by atoms with Gasteiger partial charge in [-0.15, -0.1) is 0 Å². The maximum Gasteiger partial charge on any atom is 0.133 e. The summed E-state index contributed by atoms with van der Waals surface area (Å²) < 4.78 is 13.8. The van der Waals surface area contributed by atoms with Crippen molar-refractivity contribution in [1.82, 2.24) is 5.32 Å². The Morgan fingerprint density at radius 1 is 1.32 bits per heavy atom. The molecule has 0 bridgehead atoms. The third-order valence-electron chi connectivity index (χ3n) is 3.14. The summed E-state index contributed by atoms with van der Waals surface area (Å²) in [6, 6.07) is 5.92. The molecule has 3 nitrogen and oxygen atoms in total. The standard InChI is InChI=1S/C14H19Br2NO2/c1-2-17-8-11-4-5-12(19-11)9-18-14-6-3-10(15)7-13(14)16/h3,6-7,11-12,17H,2,4-5,8-9H2,1H3. The van der Waals surface area contributed by atoms with Gasteiger partial charge < -0.3 is 14.8 Å². The minimum absolute atomic E-state index is 0.208. The molecule has 106 valence electrons. The number of rotatable bonds is 6. The van der Waals surface area contributed by atoms with Crippen LogP contribution >= 0.6 is 31.9 Å². The van der Waals surface area contributed by atoms with Crippen molar-refractivity contribution in [3.05, 3.63) is 27.1 Å². The van der Waals surface area contributed by atoms with Crippen LogP contribution in [0.25, 0.3) is 0 Å². The molecule has 1 heterocycles. The largest absolute Gasteiger partial charge is 0.490 e. The van der Waals surface area contributed by atoms with Crippen molar-refractivity contribution in [3.63, 3.8) is 0 Å². The Kier molecular flexibility index (Phi) is 6.13. The van der Waals surface area contributed by atoms with Gasteiger partial charge in [0.25, 0.3) is 0 Å². The summed E-state index contributed by atoms with van der Waals surface area (Å²) in [6.45, 7) is 4.66. The average Bonchev–Trinajstić information content (AvgIpc) is 2.83. The highest BCUT2D eigenvalue weighted by molar-refractivity contribution is 9.11. The summed E-state index contributed by atoms with van der Waals surface area (Å²) in [5, 5.41) is 3.32. The lowest BCUT2D eigenvalue weighted by Crippen LogP contribution is -2.28. The van der Waals surface area contributed by atoms with Crippen LogP contribution in [0.15, 0.2) is 27.1 Å². The third-order valence-corrected chi connectivity index (χ3v) is 4.25. The van der Waals surface area contributed by atoms with E-state index in [-0.39, 0.29) is 6.10 Å². The molecule has 0 saturated carbocycles. The lowest BCUT2D eigenvalue weighted by atomic mass is 10.2. The monoisotopic (exact) mass is 391 g/mol. The molecule has 1 aromatic rings. The van der Waals surface area contributed by atoms with Crippen LogP contribution in [-0.2, 0) is 4.74 Å². The Labute approximate surface area is 131 Å². The molecule has 0 spiro atoms. The van der Waals surface area contributed by atoms with Crippen molar-refractivity contribution in [1.29, 1.82) is 0 Å². The molecule has 19 heavy (non-hydrogen) atoms. The zero-order valence-corrected chi connectivity index (χ0v) is 14.2. The first-order valence-corrected chi connectivity index (χ1v) is 8.21. The van der Waals surface area contributed by atoms with Gasteiger partial charge in [0.15, 0.2) is 0 Å². The number of halogens is 2. The Bertz CT molecular complexity index is 414. The lowest BCUT2D eigenvalue weighted by Gasteiger charge is -2.15. The van der Waals surface area contributed by atoms with E-state index in [0.29, 0.717) is 12.7 Å². The predicted molar refractivity (Wildman–Crippen MR) is 83.8 cm³/mol. The Morgan fingerprint density at radius 2 is 2.11 bits per heavy atom. The van der Waals surface area contributed by atoms with Crippen LogP contribution in [0.4, 0.5) is 0 Å². The van der Waals surface area contributed by atoms with Gasteiger partial charge in [-0.3, -0.25) is 0 Å². The SMILES string of the molecule is CCNCC1CCC(COc2ccc(Br)cc2Br)O1. The lowest BCUT2D eigenvalue weighted by molar-refractivity contribution is 0.0186. The van der Waals surface area contributed by atoms with Crippen LogP contribution < -0.4 is 10.1 Å². The molecule has 2 atom stereocenters. The molecule has 1 aliphatic heterocycles. The van der Waals surface area contributed by atoms with Crippen molar-refractivity contribution >= 4 is 31.9 Å². The first-order valence-electron chi connectivity index (χ1n) is 6.63. The molecule has 1 aromatic carbocycles. The summed E-state index contributed by atoms with van der Waals surface area (Å²) in [5.74, 6) is 0.863. The molecule has 5 heteroatoms. The first-order chi connectivity index (χ1) is 9.19. The highest BCUT2D eigenvalue weighted by Gasteiger charge is 2.25. The van der Waals surface area contributed by atoms with Crippen LogP contribution in [0.1, 0.15) is 19.8 Å². The van der Waals surface area contributed by atoms with Gasteiger partial charge in [-0.05, 0) is 53.5 Å². The third kappa shape index (κ3) is 4.74. The number of nitrogens with one attached hydrogen (secondary N) is 1. The van der Waals surface area contributed by atoms with E-state index in [4.69, 9.17) is 9.47 Å². The van der Waals surface area contributed by atoms with Gasteiger partial charge in [0.2, 0.25) is 0 Å². The Morgan fingerprint density at radius 3 is 2.84 bits per heavy atom. The van der Waals surface area contributed by atoms with E-state index in [1.54, 1.807) is 0 Å². The molecule has 0 aromatic heterocycles. The number of hydrogen-bond donors (Lipinski definition) is 1. The molecule has 2 rings (SSSR count). The number of benzene rings is 1. The molecule has 0 radical (unpaired) electrons. The second-order valence-electron chi connectivity index (χ2n) is 4.65. The Hall–Kier alpha value is -0.100. The fraction of sp³-hybridized carbons (Fsp3) is 0.571. The molecular weight excluding hydrogens is 374 g/mol. The Balaban J connectivity index is 1.77. The van der Waals surface area contributed by atoms with E-state index in [0.717, 1.165) is 40.6 Å². The minimum Gasteiger partial charge on any atom is -0.490 e. The average molecular weight is 393 g/mol. The quantitative estimate of drug-likeness (QED) is 0.799. The van der Waals surface area contributed by atoms with Crippen LogP contribution in [0, 0.1) is 0 Å². The van der Waals surface area contributed by atoms with E-state index < -0.39 is 0 Å². The summed E-state index contributed by atoms with van der Waals surface area (Å²) in [7, 11) is 0. The number of hydrogen-bond acceptors (Lipinski definition) is 3. The highest BCUT2D eigenvalue weighted by atomic mass is 79.9. The second kappa shape index (κ2) is 7.62. The van der Waals surface area contributed by atoms with Gasteiger partial charge in [0.1, 0.15) is 12.4 Å².